The highest BCUT2D eigenvalue weighted by molar-refractivity contribution is 6.32. The summed E-state index contributed by atoms with van der Waals surface area (Å²) in [6, 6.07) is 6.82. The van der Waals surface area contributed by atoms with E-state index in [1.54, 1.807) is 48.9 Å². The first-order valence-corrected chi connectivity index (χ1v) is 12.4. The Bertz CT molecular complexity index is 1810. The largest absolute Gasteiger partial charge is 0.495 e. The Morgan fingerprint density at radius 2 is 2.03 bits per heavy atom. The fraction of sp³-hybridized carbons (Fsp3) is 0.160. The Labute approximate surface area is 226 Å². The molecule has 0 unspecified atom stereocenters. The third-order valence-corrected chi connectivity index (χ3v) is 6.43. The molecule has 5 heterocycles. The van der Waals surface area contributed by atoms with Gasteiger partial charge in [-0.2, -0.15) is 14.9 Å². The van der Waals surface area contributed by atoms with Gasteiger partial charge in [-0.3, -0.25) is 9.88 Å². The Kier molecular flexibility index (Phi) is 6.25. The summed E-state index contributed by atoms with van der Waals surface area (Å²) >= 11 is 6.31. The van der Waals surface area contributed by atoms with E-state index in [2.05, 4.69) is 41.0 Å². The lowest BCUT2D eigenvalue weighted by atomic mass is 10.1. The second-order valence-electron chi connectivity index (χ2n) is 8.49. The first-order valence-electron chi connectivity index (χ1n) is 12.0. The number of hydrogen-bond acceptors (Lipinski definition) is 9. The number of aromatic nitrogens is 9. The molecule has 1 amide bonds. The standard InChI is InChI=1S/C25H22ClN11O2/c1-3-36-23-17(12-31-36)21-16(11-28-23)24(35-13-20(29-14-35)32-25(38)37-8-4-7-30-37)34-33-22(21)27-10-15-5-6-19(39-2)18(26)9-15/h4-9,11-14H,3,10H2,1-2H3,(H,27,33)(H,32,38). The molecule has 0 saturated heterocycles. The molecule has 13 nitrogen and oxygen atoms in total. The zero-order valence-corrected chi connectivity index (χ0v) is 21.7. The van der Waals surface area contributed by atoms with E-state index in [1.807, 2.05) is 29.8 Å². The molecule has 14 heteroatoms. The Balaban J connectivity index is 1.39. The van der Waals surface area contributed by atoms with Gasteiger partial charge in [-0.15, -0.1) is 10.2 Å². The van der Waals surface area contributed by atoms with Gasteiger partial charge in [0.25, 0.3) is 0 Å². The fourth-order valence-electron chi connectivity index (χ4n) is 4.26. The molecule has 0 aliphatic heterocycles. The van der Waals surface area contributed by atoms with Gasteiger partial charge >= 0.3 is 6.03 Å². The molecular weight excluding hydrogens is 522 g/mol. The molecule has 0 radical (unpaired) electrons. The van der Waals surface area contributed by atoms with E-state index in [-0.39, 0.29) is 0 Å². The van der Waals surface area contributed by atoms with Crippen LogP contribution in [0.5, 0.6) is 5.75 Å². The van der Waals surface area contributed by atoms with Crippen LogP contribution in [0.1, 0.15) is 12.5 Å². The maximum Gasteiger partial charge on any atom is 0.347 e. The number of fused-ring (bicyclic) bond motifs is 3. The number of amides is 1. The van der Waals surface area contributed by atoms with E-state index in [0.717, 1.165) is 27.4 Å². The summed E-state index contributed by atoms with van der Waals surface area (Å²) in [7, 11) is 1.58. The molecule has 0 saturated carbocycles. The Morgan fingerprint density at radius 1 is 1.13 bits per heavy atom. The van der Waals surface area contributed by atoms with Crippen molar-refractivity contribution >= 4 is 51.1 Å². The topological polar surface area (TPSA) is 142 Å². The predicted molar refractivity (Wildman–Crippen MR) is 145 cm³/mol. The predicted octanol–water partition coefficient (Wildman–Crippen LogP) is 4.13. The van der Waals surface area contributed by atoms with Crippen LogP contribution >= 0.6 is 11.6 Å². The minimum Gasteiger partial charge on any atom is -0.495 e. The van der Waals surface area contributed by atoms with E-state index in [1.165, 1.54) is 10.9 Å². The van der Waals surface area contributed by atoms with Gasteiger partial charge in [-0.05, 0) is 30.7 Å². The van der Waals surface area contributed by atoms with Gasteiger partial charge in [0.2, 0.25) is 0 Å². The highest BCUT2D eigenvalue weighted by Crippen LogP contribution is 2.32. The SMILES string of the molecule is CCn1ncc2c3c(NCc4ccc(OC)c(Cl)c4)nnc(-n4cnc(NC(=O)n5cccn5)c4)c3cnc21. The highest BCUT2D eigenvalue weighted by Gasteiger charge is 2.18. The smallest absolute Gasteiger partial charge is 0.347 e. The lowest BCUT2D eigenvalue weighted by Crippen LogP contribution is -2.19. The summed E-state index contributed by atoms with van der Waals surface area (Å²) in [5.41, 5.74) is 1.68. The molecule has 6 aromatic rings. The monoisotopic (exact) mass is 543 g/mol. The number of halogens is 1. The van der Waals surface area contributed by atoms with E-state index < -0.39 is 6.03 Å². The second-order valence-corrected chi connectivity index (χ2v) is 8.89. The van der Waals surface area contributed by atoms with Gasteiger partial charge in [0.15, 0.2) is 23.1 Å². The first-order chi connectivity index (χ1) is 19.1. The molecule has 2 N–H and O–H groups in total. The summed E-state index contributed by atoms with van der Waals surface area (Å²) in [6.07, 6.45) is 9.79. The number of hydrogen-bond donors (Lipinski definition) is 2. The number of nitrogens with one attached hydrogen (secondary N) is 2. The zero-order valence-electron chi connectivity index (χ0n) is 20.9. The van der Waals surface area contributed by atoms with Crippen LogP contribution in [0.2, 0.25) is 5.02 Å². The number of imidazole rings is 1. The minimum atomic E-state index is -0.435. The van der Waals surface area contributed by atoms with Crippen LogP contribution in [0.25, 0.3) is 27.6 Å². The molecule has 1 aromatic carbocycles. The van der Waals surface area contributed by atoms with Crippen LogP contribution in [0.15, 0.2) is 61.6 Å². The molecule has 0 atom stereocenters. The zero-order chi connectivity index (χ0) is 26.9. The summed E-state index contributed by atoms with van der Waals surface area (Å²) in [4.78, 5) is 21.3. The number of rotatable bonds is 7. The minimum absolute atomic E-state index is 0.330. The quantitative estimate of drug-likeness (QED) is 0.304. The number of aryl methyl sites for hydroxylation is 1. The second kappa shape index (κ2) is 10.0. The third kappa shape index (κ3) is 4.48. The van der Waals surface area contributed by atoms with Gasteiger partial charge in [-0.1, -0.05) is 17.7 Å². The molecule has 0 aliphatic carbocycles. The van der Waals surface area contributed by atoms with Gasteiger partial charge in [0, 0.05) is 42.5 Å². The van der Waals surface area contributed by atoms with E-state index >= 15 is 0 Å². The van der Waals surface area contributed by atoms with Crippen molar-refractivity contribution < 1.29 is 9.53 Å². The molecule has 5 aromatic heterocycles. The molecule has 39 heavy (non-hydrogen) atoms. The summed E-state index contributed by atoms with van der Waals surface area (Å²) in [5.74, 6) is 2.00. The average Bonchev–Trinajstić information content (AvgIpc) is 3.73. The van der Waals surface area contributed by atoms with Crippen molar-refractivity contribution in [2.45, 2.75) is 20.0 Å². The number of carbonyl (C=O) groups excluding carboxylic acids is 1. The summed E-state index contributed by atoms with van der Waals surface area (Å²) in [5, 5.41) is 26.4. The number of carbonyl (C=O) groups is 1. The molecule has 6 rings (SSSR count). The molecule has 0 fully saturated rings. The van der Waals surface area contributed by atoms with Crippen LogP contribution in [-0.4, -0.2) is 57.4 Å². The van der Waals surface area contributed by atoms with Crippen molar-refractivity contribution in [2.24, 2.45) is 0 Å². The number of pyridine rings is 1. The van der Waals surface area contributed by atoms with Crippen molar-refractivity contribution in [3.63, 3.8) is 0 Å². The summed E-state index contributed by atoms with van der Waals surface area (Å²) < 4.78 is 9.93. The fourth-order valence-corrected chi connectivity index (χ4v) is 4.54. The first kappa shape index (κ1) is 24.3. The van der Waals surface area contributed by atoms with Crippen LogP contribution < -0.4 is 15.4 Å². The molecule has 0 bridgehead atoms. The molecule has 196 valence electrons. The summed E-state index contributed by atoms with van der Waals surface area (Å²) in [6.45, 7) is 3.13. The number of methoxy groups -OCH3 is 1. The van der Waals surface area contributed by atoms with Gasteiger partial charge < -0.3 is 10.1 Å². The van der Waals surface area contributed by atoms with Gasteiger partial charge in [0.1, 0.15) is 12.1 Å². The van der Waals surface area contributed by atoms with Crippen LogP contribution in [0.4, 0.5) is 16.4 Å². The maximum atomic E-state index is 12.4. The normalized spacial score (nSPS) is 11.3. The van der Waals surface area contributed by atoms with Crippen LogP contribution in [0.3, 0.4) is 0 Å². The molecular formula is C25H22ClN11O2. The number of benzene rings is 1. The van der Waals surface area contributed by atoms with Gasteiger partial charge in [0.05, 0.1) is 29.9 Å². The van der Waals surface area contributed by atoms with Crippen molar-refractivity contribution in [3.8, 4) is 11.6 Å². The van der Waals surface area contributed by atoms with Crippen molar-refractivity contribution in [3.05, 3.63) is 72.2 Å². The average molecular weight is 544 g/mol. The molecule has 0 aliphatic rings. The Hall–Kier alpha value is -5.04. The van der Waals surface area contributed by atoms with Crippen molar-refractivity contribution in [1.29, 1.82) is 0 Å². The Morgan fingerprint density at radius 3 is 2.79 bits per heavy atom. The van der Waals surface area contributed by atoms with E-state index in [9.17, 15) is 4.79 Å². The van der Waals surface area contributed by atoms with Crippen LogP contribution in [0, 0.1) is 0 Å². The van der Waals surface area contributed by atoms with Crippen molar-refractivity contribution in [2.75, 3.05) is 17.7 Å². The van der Waals surface area contributed by atoms with Crippen molar-refractivity contribution in [1.82, 2.24) is 44.3 Å². The lowest BCUT2D eigenvalue weighted by Gasteiger charge is -2.13. The highest BCUT2D eigenvalue weighted by atomic mass is 35.5. The number of anilines is 2. The third-order valence-electron chi connectivity index (χ3n) is 6.14. The number of nitrogens with zero attached hydrogens (tertiary/aromatic N) is 9. The lowest BCUT2D eigenvalue weighted by molar-refractivity contribution is 0.251. The van der Waals surface area contributed by atoms with E-state index in [4.69, 9.17) is 16.3 Å². The van der Waals surface area contributed by atoms with E-state index in [0.29, 0.717) is 41.3 Å². The number of ether oxygens (including phenoxy) is 1. The molecule has 0 spiro atoms. The maximum absolute atomic E-state index is 12.4. The van der Waals surface area contributed by atoms with Crippen LogP contribution in [-0.2, 0) is 13.1 Å². The van der Waals surface area contributed by atoms with Gasteiger partial charge in [-0.25, -0.2) is 19.4 Å².